The number of imide groups is 1. The Kier molecular flexibility index (Phi) is 6.80. The number of anilines is 1. The van der Waals surface area contributed by atoms with Crippen LogP contribution in [0.25, 0.3) is 0 Å². The van der Waals surface area contributed by atoms with E-state index in [1.165, 1.54) is 13.3 Å². The highest BCUT2D eigenvalue weighted by Gasteiger charge is 2.23. The fraction of sp³-hybridized carbons (Fsp3) is 0.500. The number of hydrogen-bond donors (Lipinski definition) is 3. The topological polar surface area (TPSA) is 96.5 Å². The normalized spacial score (nSPS) is 19.6. The average Bonchev–Trinajstić information content (AvgIpc) is 2.55. The van der Waals surface area contributed by atoms with Gasteiger partial charge in [0.1, 0.15) is 5.75 Å². The van der Waals surface area contributed by atoms with E-state index in [2.05, 4.69) is 22.9 Å². The molecule has 1 saturated carbocycles. The van der Waals surface area contributed by atoms with Crippen molar-refractivity contribution in [1.82, 2.24) is 10.6 Å². The van der Waals surface area contributed by atoms with Crippen molar-refractivity contribution in [1.29, 1.82) is 0 Å². The Morgan fingerprint density at radius 3 is 2.60 bits per heavy atom. The van der Waals surface area contributed by atoms with Crippen molar-refractivity contribution in [2.45, 2.75) is 45.6 Å². The van der Waals surface area contributed by atoms with E-state index in [0.29, 0.717) is 17.4 Å². The number of urea groups is 1. The van der Waals surface area contributed by atoms with Crippen LogP contribution in [0.3, 0.4) is 0 Å². The minimum Gasteiger partial charge on any atom is -0.482 e. The molecule has 0 bridgehead atoms. The maximum absolute atomic E-state index is 11.9. The molecular weight excluding hydrogens is 322 g/mol. The second-order valence-corrected chi connectivity index (χ2v) is 6.36. The molecule has 1 aliphatic carbocycles. The summed E-state index contributed by atoms with van der Waals surface area (Å²) in [5.74, 6) is 0.00427. The summed E-state index contributed by atoms with van der Waals surface area (Å²) in [4.78, 5) is 35.0. The maximum Gasteiger partial charge on any atom is 0.321 e. The quantitative estimate of drug-likeness (QED) is 0.762. The molecule has 2 atom stereocenters. The first-order valence-electron chi connectivity index (χ1n) is 8.55. The van der Waals surface area contributed by atoms with Crippen LogP contribution in [0.1, 0.15) is 39.5 Å². The van der Waals surface area contributed by atoms with Gasteiger partial charge in [-0.15, -0.1) is 0 Å². The van der Waals surface area contributed by atoms with Crippen LogP contribution < -0.4 is 20.7 Å². The Hall–Kier alpha value is -2.57. The Balaban J connectivity index is 1.80. The number of amides is 4. The van der Waals surface area contributed by atoms with E-state index in [1.54, 1.807) is 24.3 Å². The zero-order valence-electron chi connectivity index (χ0n) is 14.6. The number of carbonyl (C=O) groups is 3. The molecule has 2 rings (SSSR count). The zero-order valence-corrected chi connectivity index (χ0v) is 14.6. The summed E-state index contributed by atoms with van der Waals surface area (Å²) in [5, 5.41) is 7.75. The molecule has 0 heterocycles. The van der Waals surface area contributed by atoms with Crippen LogP contribution in [0.4, 0.5) is 10.5 Å². The van der Waals surface area contributed by atoms with Gasteiger partial charge in [-0.25, -0.2) is 4.79 Å². The fourth-order valence-electron chi connectivity index (χ4n) is 2.93. The van der Waals surface area contributed by atoms with Crippen molar-refractivity contribution in [3.63, 3.8) is 0 Å². The standard InChI is InChI=1S/C18H25N3O4/c1-12-7-3-4-8-14(12)20-18(24)21-17(23)11-25-16-10-6-5-9-15(16)19-13(2)22/h5-6,9-10,12,14H,3-4,7-8,11H2,1-2H3,(H,19,22)(H2,20,21,23,24)/t12-,14-/m0/s1. The molecule has 7 nitrogen and oxygen atoms in total. The van der Waals surface area contributed by atoms with E-state index in [0.717, 1.165) is 19.3 Å². The molecule has 7 heteroatoms. The first-order valence-corrected chi connectivity index (χ1v) is 8.55. The summed E-state index contributed by atoms with van der Waals surface area (Å²) in [6.07, 6.45) is 4.29. The van der Waals surface area contributed by atoms with E-state index in [9.17, 15) is 14.4 Å². The third-order valence-electron chi connectivity index (χ3n) is 4.24. The summed E-state index contributed by atoms with van der Waals surface area (Å²) in [7, 11) is 0. The zero-order chi connectivity index (χ0) is 18.2. The van der Waals surface area contributed by atoms with Gasteiger partial charge in [0.2, 0.25) is 5.91 Å². The summed E-state index contributed by atoms with van der Waals surface area (Å²) < 4.78 is 5.41. The second-order valence-electron chi connectivity index (χ2n) is 6.36. The molecule has 25 heavy (non-hydrogen) atoms. The predicted molar refractivity (Wildman–Crippen MR) is 94.3 cm³/mol. The molecule has 4 amide bonds. The van der Waals surface area contributed by atoms with Crippen molar-refractivity contribution < 1.29 is 19.1 Å². The molecular formula is C18H25N3O4. The lowest BCUT2D eigenvalue weighted by atomic mass is 9.86. The summed E-state index contributed by atoms with van der Waals surface area (Å²) >= 11 is 0. The molecule has 1 fully saturated rings. The average molecular weight is 347 g/mol. The van der Waals surface area contributed by atoms with Gasteiger partial charge in [-0.3, -0.25) is 14.9 Å². The molecule has 1 aromatic rings. The maximum atomic E-state index is 11.9. The number of para-hydroxylation sites is 2. The van der Waals surface area contributed by atoms with Gasteiger partial charge < -0.3 is 15.4 Å². The molecule has 0 aliphatic heterocycles. The Morgan fingerprint density at radius 2 is 1.88 bits per heavy atom. The molecule has 0 radical (unpaired) electrons. The highest BCUT2D eigenvalue weighted by molar-refractivity contribution is 5.95. The van der Waals surface area contributed by atoms with Crippen LogP contribution in [0.2, 0.25) is 0 Å². The van der Waals surface area contributed by atoms with Crippen molar-refractivity contribution in [2.75, 3.05) is 11.9 Å². The van der Waals surface area contributed by atoms with Crippen LogP contribution in [-0.2, 0) is 9.59 Å². The predicted octanol–water partition coefficient (Wildman–Crippen LogP) is 2.43. The Bertz CT molecular complexity index is 633. The number of ether oxygens (including phenoxy) is 1. The third kappa shape index (κ3) is 6.10. The SMILES string of the molecule is CC(=O)Nc1ccccc1OCC(=O)NC(=O)N[C@H]1CCCC[C@@H]1C. The fourth-order valence-corrected chi connectivity index (χ4v) is 2.93. The number of hydrogen-bond acceptors (Lipinski definition) is 4. The number of rotatable bonds is 5. The van der Waals surface area contributed by atoms with Gasteiger partial charge in [0.15, 0.2) is 6.61 Å². The molecule has 0 spiro atoms. The third-order valence-corrected chi connectivity index (χ3v) is 4.24. The Morgan fingerprint density at radius 1 is 1.16 bits per heavy atom. The summed E-state index contributed by atoms with van der Waals surface area (Å²) in [5.41, 5.74) is 0.475. The second kappa shape index (κ2) is 9.05. The molecule has 0 saturated heterocycles. The lowest BCUT2D eigenvalue weighted by Crippen LogP contribution is -2.48. The number of benzene rings is 1. The minimum absolute atomic E-state index is 0.1000. The summed E-state index contributed by atoms with van der Waals surface area (Å²) in [6.45, 7) is 3.18. The highest BCUT2D eigenvalue weighted by atomic mass is 16.5. The molecule has 3 N–H and O–H groups in total. The van der Waals surface area contributed by atoms with Crippen molar-refractivity contribution >= 4 is 23.5 Å². The minimum atomic E-state index is -0.543. The van der Waals surface area contributed by atoms with Crippen molar-refractivity contribution in [3.8, 4) is 5.75 Å². The first kappa shape index (κ1) is 18.8. The summed E-state index contributed by atoms with van der Waals surface area (Å²) in [6, 6.07) is 6.39. The van der Waals surface area contributed by atoms with E-state index >= 15 is 0 Å². The van der Waals surface area contributed by atoms with E-state index in [-0.39, 0.29) is 18.6 Å². The van der Waals surface area contributed by atoms with Crippen molar-refractivity contribution in [3.05, 3.63) is 24.3 Å². The smallest absolute Gasteiger partial charge is 0.321 e. The largest absolute Gasteiger partial charge is 0.482 e. The lowest BCUT2D eigenvalue weighted by Gasteiger charge is -2.29. The van der Waals surface area contributed by atoms with Crippen LogP contribution in [-0.4, -0.2) is 30.5 Å². The molecule has 0 unspecified atom stereocenters. The Labute approximate surface area is 147 Å². The molecule has 1 aliphatic rings. The van der Waals surface area contributed by atoms with Crippen LogP contribution in [0.5, 0.6) is 5.75 Å². The highest BCUT2D eigenvalue weighted by Crippen LogP contribution is 2.24. The molecule has 0 aromatic heterocycles. The van der Waals surface area contributed by atoms with Crippen molar-refractivity contribution in [2.24, 2.45) is 5.92 Å². The van der Waals surface area contributed by atoms with Gasteiger partial charge >= 0.3 is 6.03 Å². The number of carbonyl (C=O) groups excluding carboxylic acids is 3. The van der Waals surface area contributed by atoms with Crippen LogP contribution in [0, 0.1) is 5.92 Å². The van der Waals surface area contributed by atoms with Gasteiger partial charge in [-0.05, 0) is 30.9 Å². The van der Waals surface area contributed by atoms with Crippen LogP contribution in [0.15, 0.2) is 24.3 Å². The van der Waals surface area contributed by atoms with Gasteiger partial charge in [-0.2, -0.15) is 0 Å². The van der Waals surface area contributed by atoms with E-state index < -0.39 is 11.9 Å². The molecule has 1 aromatic carbocycles. The van der Waals surface area contributed by atoms with E-state index in [4.69, 9.17) is 4.74 Å². The first-order chi connectivity index (χ1) is 12.0. The van der Waals surface area contributed by atoms with Gasteiger partial charge in [0.25, 0.3) is 5.91 Å². The van der Waals surface area contributed by atoms with Gasteiger partial charge in [-0.1, -0.05) is 31.9 Å². The van der Waals surface area contributed by atoms with E-state index in [1.807, 2.05) is 0 Å². The van der Waals surface area contributed by atoms with Gasteiger partial charge in [0.05, 0.1) is 5.69 Å². The monoisotopic (exact) mass is 347 g/mol. The molecule has 136 valence electrons. The number of nitrogens with one attached hydrogen (secondary N) is 3. The van der Waals surface area contributed by atoms with Gasteiger partial charge in [0, 0.05) is 13.0 Å². The lowest BCUT2D eigenvalue weighted by molar-refractivity contribution is -0.122. The van der Waals surface area contributed by atoms with Crippen LogP contribution >= 0.6 is 0 Å².